The lowest BCUT2D eigenvalue weighted by atomic mass is 10.1. The number of fused-ring (bicyclic) bond motifs is 1. The molecule has 2 aliphatic heterocycles. The molecule has 1 amide bonds. The summed E-state index contributed by atoms with van der Waals surface area (Å²) in [6, 6.07) is 8.63. The Morgan fingerprint density at radius 2 is 2.07 bits per heavy atom. The highest BCUT2D eigenvalue weighted by atomic mass is 16.5. The maximum atomic E-state index is 12.6. The van der Waals surface area contributed by atoms with Crippen molar-refractivity contribution < 1.29 is 14.3 Å². The van der Waals surface area contributed by atoms with Gasteiger partial charge >= 0.3 is 0 Å². The minimum atomic E-state index is -0.454. The molecule has 0 saturated carbocycles. The zero-order valence-corrected chi connectivity index (χ0v) is 16.6. The molecule has 1 aromatic carbocycles. The van der Waals surface area contributed by atoms with Crippen LogP contribution in [0.4, 0.5) is 0 Å². The topological polar surface area (TPSA) is 89.5 Å². The molecule has 2 aliphatic rings. The van der Waals surface area contributed by atoms with E-state index in [1.807, 2.05) is 12.1 Å². The maximum absolute atomic E-state index is 12.6. The van der Waals surface area contributed by atoms with Crippen molar-refractivity contribution in [3.8, 4) is 5.75 Å². The van der Waals surface area contributed by atoms with E-state index >= 15 is 0 Å². The summed E-state index contributed by atoms with van der Waals surface area (Å²) in [5.41, 5.74) is 0.647. The fourth-order valence-corrected chi connectivity index (χ4v) is 4.33. The summed E-state index contributed by atoms with van der Waals surface area (Å²) in [6.07, 6.45) is 7.44. The SMILES string of the molecule is O=C(c1ncc[nH]c1=O)N1CCC(Oc2cccc3c2ccn3C2CCOC2)CC1. The highest BCUT2D eigenvalue weighted by molar-refractivity contribution is 5.92. The first-order chi connectivity index (χ1) is 14.7. The predicted molar refractivity (Wildman–Crippen MR) is 111 cm³/mol. The number of carbonyl (C=O) groups excluding carboxylic acids is 1. The molecular formula is C22H24N4O4. The molecule has 156 valence electrons. The van der Waals surface area contributed by atoms with Gasteiger partial charge in [-0.2, -0.15) is 0 Å². The second-order valence-corrected chi connectivity index (χ2v) is 7.81. The molecule has 8 nitrogen and oxygen atoms in total. The Morgan fingerprint density at radius 1 is 1.20 bits per heavy atom. The number of nitrogens with zero attached hydrogens (tertiary/aromatic N) is 3. The number of aromatic amines is 1. The minimum absolute atomic E-state index is 0.0276. The summed E-state index contributed by atoms with van der Waals surface area (Å²) in [7, 11) is 0. The molecule has 30 heavy (non-hydrogen) atoms. The van der Waals surface area contributed by atoms with E-state index in [4.69, 9.17) is 9.47 Å². The van der Waals surface area contributed by atoms with E-state index in [0.29, 0.717) is 32.0 Å². The monoisotopic (exact) mass is 408 g/mol. The molecule has 0 bridgehead atoms. The van der Waals surface area contributed by atoms with Crippen LogP contribution in [0, 0.1) is 0 Å². The lowest BCUT2D eigenvalue weighted by Gasteiger charge is -2.32. The van der Waals surface area contributed by atoms with E-state index in [2.05, 4.69) is 32.9 Å². The van der Waals surface area contributed by atoms with E-state index in [1.54, 1.807) is 4.90 Å². The first-order valence-electron chi connectivity index (χ1n) is 10.4. The molecule has 4 heterocycles. The molecule has 1 unspecified atom stereocenters. The standard InChI is InChI=1S/C22H24N4O4/c27-21-20(23-8-9-24-21)22(28)25-10-4-16(5-11-25)30-19-3-1-2-18-17(19)6-12-26(18)15-7-13-29-14-15/h1-3,6,8-9,12,15-16H,4-5,7,10-11,13-14H2,(H,24,27). The highest BCUT2D eigenvalue weighted by Gasteiger charge is 2.27. The van der Waals surface area contributed by atoms with E-state index in [9.17, 15) is 9.59 Å². The smallest absolute Gasteiger partial charge is 0.279 e. The minimum Gasteiger partial charge on any atom is -0.490 e. The third-order valence-corrected chi connectivity index (χ3v) is 5.96. The van der Waals surface area contributed by atoms with Crippen LogP contribution in [0.2, 0.25) is 0 Å². The second kappa shape index (κ2) is 7.95. The van der Waals surface area contributed by atoms with Gasteiger partial charge in [0.1, 0.15) is 11.9 Å². The van der Waals surface area contributed by atoms with Gasteiger partial charge in [0.2, 0.25) is 0 Å². The fraction of sp³-hybridized carbons (Fsp3) is 0.409. The van der Waals surface area contributed by atoms with Crippen molar-refractivity contribution >= 4 is 16.8 Å². The van der Waals surface area contributed by atoms with Crippen LogP contribution in [0.25, 0.3) is 10.9 Å². The van der Waals surface area contributed by atoms with Gasteiger partial charge in [-0.3, -0.25) is 9.59 Å². The van der Waals surface area contributed by atoms with Gasteiger partial charge in [-0.15, -0.1) is 0 Å². The molecule has 0 radical (unpaired) electrons. The number of hydrogen-bond acceptors (Lipinski definition) is 5. The van der Waals surface area contributed by atoms with Gasteiger partial charge in [0, 0.05) is 56.5 Å². The van der Waals surface area contributed by atoms with Crippen LogP contribution in [0.15, 0.2) is 47.7 Å². The molecule has 0 aliphatic carbocycles. The Bertz CT molecular complexity index is 1110. The zero-order chi connectivity index (χ0) is 20.5. The molecule has 2 aromatic heterocycles. The van der Waals surface area contributed by atoms with Crippen LogP contribution in [0.5, 0.6) is 5.75 Å². The number of H-pyrrole nitrogens is 1. The molecule has 2 fully saturated rings. The number of benzene rings is 1. The molecule has 1 atom stereocenters. The molecule has 0 spiro atoms. The number of amides is 1. The van der Waals surface area contributed by atoms with Crippen LogP contribution >= 0.6 is 0 Å². The molecule has 8 heteroatoms. The molecular weight excluding hydrogens is 384 g/mol. The van der Waals surface area contributed by atoms with Gasteiger partial charge < -0.3 is 23.9 Å². The average Bonchev–Trinajstić information content (AvgIpc) is 3.44. The van der Waals surface area contributed by atoms with Gasteiger partial charge in [0.15, 0.2) is 5.69 Å². The fourth-order valence-electron chi connectivity index (χ4n) is 4.33. The average molecular weight is 408 g/mol. The number of rotatable bonds is 4. The first-order valence-corrected chi connectivity index (χ1v) is 10.4. The predicted octanol–water partition coefficient (Wildman–Crippen LogP) is 2.37. The third kappa shape index (κ3) is 3.47. The summed E-state index contributed by atoms with van der Waals surface area (Å²) in [6.45, 7) is 2.63. The number of piperidine rings is 1. The summed E-state index contributed by atoms with van der Waals surface area (Å²) in [5, 5.41) is 1.10. The van der Waals surface area contributed by atoms with Crippen LogP contribution in [0.3, 0.4) is 0 Å². The summed E-state index contributed by atoms with van der Waals surface area (Å²) >= 11 is 0. The Morgan fingerprint density at radius 3 is 2.83 bits per heavy atom. The van der Waals surface area contributed by atoms with Gasteiger partial charge in [-0.25, -0.2) is 4.98 Å². The number of ether oxygens (including phenoxy) is 2. The number of likely N-dealkylation sites (tertiary alicyclic amines) is 1. The summed E-state index contributed by atoms with van der Waals surface area (Å²) in [4.78, 5) is 32.5. The van der Waals surface area contributed by atoms with Crippen LogP contribution in [-0.2, 0) is 4.74 Å². The van der Waals surface area contributed by atoms with Gasteiger partial charge in [-0.05, 0) is 24.6 Å². The van der Waals surface area contributed by atoms with Crippen molar-refractivity contribution in [2.24, 2.45) is 0 Å². The number of hydrogen-bond donors (Lipinski definition) is 1. The van der Waals surface area contributed by atoms with Crippen molar-refractivity contribution in [2.45, 2.75) is 31.4 Å². The van der Waals surface area contributed by atoms with Gasteiger partial charge in [-0.1, -0.05) is 6.07 Å². The largest absolute Gasteiger partial charge is 0.490 e. The Labute approximate surface area is 173 Å². The molecule has 3 aromatic rings. The van der Waals surface area contributed by atoms with E-state index in [-0.39, 0.29) is 17.7 Å². The van der Waals surface area contributed by atoms with E-state index < -0.39 is 5.56 Å². The van der Waals surface area contributed by atoms with Crippen molar-refractivity contribution in [3.05, 3.63) is 58.9 Å². The van der Waals surface area contributed by atoms with Crippen molar-refractivity contribution in [2.75, 3.05) is 26.3 Å². The van der Waals surface area contributed by atoms with Gasteiger partial charge in [0.25, 0.3) is 11.5 Å². The van der Waals surface area contributed by atoms with Crippen LogP contribution in [-0.4, -0.2) is 57.7 Å². The molecule has 1 N–H and O–H groups in total. The van der Waals surface area contributed by atoms with E-state index in [1.165, 1.54) is 12.4 Å². The molecule has 2 saturated heterocycles. The highest BCUT2D eigenvalue weighted by Crippen LogP contribution is 2.32. The Kier molecular flexibility index (Phi) is 5.00. The third-order valence-electron chi connectivity index (χ3n) is 5.96. The van der Waals surface area contributed by atoms with Crippen molar-refractivity contribution in [1.82, 2.24) is 19.4 Å². The normalized spacial score (nSPS) is 20.0. The summed E-state index contributed by atoms with van der Waals surface area (Å²) < 4.78 is 14.2. The molecule has 5 rings (SSSR count). The lowest BCUT2D eigenvalue weighted by molar-refractivity contribution is 0.0590. The van der Waals surface area contributed by atoms with Crippen LogP contribution < -0.4 is 10.3 Å². The maximum Gasteiger partial charge on any atom is 0.279 e. The van der Waals surface area contributed by atoms with Gasteiger partial charge in [0.05, 0.1) is 18.2 Å². The quantitative estimate of drug-likeness (QED) is 0.716. The Balaban J connectivity index is 1.27. The van der Waals surface area contributed by atoms with Crippen LogP contribution in [0.1, 0.15) is 35.8 Å². The number of nitrogens with one attached hydrogen (secondary N) is 1. The van der Waals surface area contributed by atoms with Crippen molar-refractivity contribution in [1.29, 1.82) is 0 Å². The number of carbonyl (C=O) groups is 1. The summed E-state index contributed by atoms with van der Waals surface area (Å²) in [5.74, 6) is 0.546. The number of aromatic nitrogens is 3. The van der Waals surface area contributed by atoms with E-state index in [0.717, 1.165) is 36.3 Å². The first kappa shape index (κ1) is 18.9. The lowest BCUT2D eigenvalue weighted by Crippen LogP contribution is -2.43. The Hall–Kier alpha value is -3.13. The zero-order valence-electron chi connectivity index (χ0n) is 16.6. The second-order valence-electron chi connectivity index (χ2n) is 7.81. The van der Waals surface area contributed by atoms with Crippen molar-refractivity contribution in [3.63, 3.8) is 0 Å².